The summed E-state index contributed by atoms with van der Waals surface area (Å²) in [5, 5.41) is 7.54. The number of nitrogens with zero attached hydrogens (tertiary/aromatic N) is 3. The monoisotopic (exact) mass is 236 g/mol. The van der Waals surface area contributed by atoms with Crippen LogP contribution >= 0.6 is 0 Å². The summed E-state index contributed by atoms with van der Waals surface area (Å²) < 4.78 is 5.36. The molecule has 0 radical (unpaired) electrons. The van der Waals surface area contributed by atoms with Gasteiger partial charge >= 0.3 is 0 Å². The molecule has 5 heteroatoms. The van der Waals surface area contributed by atoms with Gasteiger partial charge in [-0.3, -0.25) is 4.90 Å². The number of hydrogen-bond donors (Lipinski definition) is 1. The summed E-state index contributed by atoms with van der Waals surface area (Å²) >= 11 is 0. The molecule has 1 aliphatic heterocycles. The van der Waals surface area contributed by atoms with Gasteiger partial charge in [0.25, 0.3) is 0 Å². The minimum Gasteiger partial charge on any atom is -0.339 e. The first-order chi connectivity index (χ1) is 8.18. The lowest BCUT2D eigenvalue weighted by Gasteiger charge is -2.38. The number of aromatic nitrogens is 2. The van der Waals surface area contributed by atoms with Crippen LogP contribution in [0.15, 0.2) is 4.52 Å². The molecule has 1 saturated heterocycles. The van der Waals surface area contributed by atoms with E-state index < -0.39 is 0 Å². The van der Waals surface area contributed by atoms with Crippen LogP contribution in [0.1, 0.15) is 44.3 Å². The molecule has 0 bridgehead atoms. The van der Waals surface area contributed by atoms with Gasteiger partial charge in [-0.05, 0) is 26.7 Å². The topological polar surface area (TPSA) is 54.2 Å². The summed E-state index contributed by atoms with van der Waals surface area (Å²) in [6.07, 6.45) is 2.41. The van der Waals surface area contributed by atoms with Crippen molar-refractivity contribution in [3.05, 3.63) is 11.7 Å². The lowest BCUT2D eigenvalue weighted by atomic mass is 10.0. The molecule has 3 rings (SSSR count). The zero-order valence-electron chi connectivity index (χ0n) is 10.6. The molecular formula is C12H20N4O. The maximum atomic E-state index is 5.36. The fourth-order valence-corrected chi connectivity index (χ4v) is 2.35. The Morgan fingerprint density at radius 1 is 1.29 bits per heavy atom. The van der Waals surface area contributed by atoms with E-state index >= 15 is 0 Å². The molecule has 17 heavy (non-hydrogen) atoms. The Morgan fingerprint density at radius 2 is 2.00 bits per heavy atom. The third-order valence-corrected chi connectivity index (χ3v) is 3.82. The van der Waals surface area contributed by atoms with Gasteiger partial charge in [-0.2, -0.15) is 4.98 Å². The Morgan fingerprint density at radius 3 is 2.65 bits per heavy atom. The normalized spacial score (nSPS) is 22.9. The highest BCUT2D eigenvalue weighted by atomic mass is 16.5. The molecule has 1 aromatic heterocycles. The van der Waals surface area contributed by atoms with E-state index in [1.54, 1.807) is 0 Å². The third kappa shape index (κ3) is 2.09. The molecule has 0 aromatic carbocycles. The van der Waals surface area contributed by atoms with Crippen molar-refractivity contribution in [3.8, 4) is 0 Å². The Balaban J connectivity index is 1.78. The summed E-state index contributed by atoms with van der Waals surface area (Å²) in [7, 11) is 0. The standard InChI is InChI=1S/C12H20N4O/c1-12(2,16-7-5-13-6-8-16)11-14-10(17-15-11)9-3-4-9/h9,13H,3-8H2,1-2H3. The van der Waals surface area contributed by atoms with E-state index in [-0.39, 0.29) is 5.54 Å². The number of piperazine rings is 1. The molecule has 0 spiro atoms. The number of hydrogen-bond acceptors (Lipinski definition) is 5. The number of rotatable bonds is 3. The van der Waals surface area contributed by atoms with Crippen molar-refractivity contribution < 1.29 is 4.52 Å². The molecule has 94 valence electrons. The highest BCUT2D eigenvalue weighted by molar-refractivity contribution is 5.07. The fraction of sp³-hybridized carbons (Fsp3) is 0.833. The van der Waals surface area contributed by atoms with Crippen LogP contribution in [0, 0.1) is 0 Å². The first-order valence-electron chi connectivity index (χ1n) is 6.48. The smallest absolute Gasteiger partial charge is 0.229 e. The maximum absolute atomic E-state index is 5.36. The van der Waals surface area contributed by atoms with Crippen molar-refractivity contribution in [1.29, 1.82) is 0 Å². The van der Waals surface area contributed by atoms with E-state index in [2.05, 4.69) is 34.2 Å². The van der Waals surface area contributed by atoms with Crippen molar-refractivity contribution in [2.45, 2.75) is 38.1 Å². The van der Waals surface area contributed by atoms with Crippen molar-refractivity contribution in [2.75, 3.05) is 26.2 Å². The van der Waals surface area contributed by atoms with Crippen LogP contribution in [-0.2, 0) is 5.54 Å². The molecule has 1 aliphatic carbocycles. The molecule has 0 unspecified atom stereocenters. The Kier molecular flexibility index (Phi) is 2.67. The van der Waals surface area contributed by atoms with Crippen molar-refractivity contribution in [3.63, 3.8) is 0 Å². The minimum absolute atomic E-state index is 0.126. The first kappa shape index (κ1) is 11.2. The van der Waals surface area contributed by atoms with Gasteiger partial charge in [0.1, 0.15) is 0 Å². The lowest BCUT2D eigenvalue weighted by Crippen LogP contribution is -2.52. The van der Waals surface area contributed by atoms with E-state index in [4.69, 9.17) is 4.52 Å². The largest absolute Gasteiger partial charge is 0.339 e. The van der Waals surface area contributed by atoms with Crippen molar-refractivity contribution in [2.24, 2.45) is 0 Å². The molecule has 2 heterocycles. The second-order valence-electron chi connectivity index (χ2n) is 5.53. The van der Waals surface area contributed by atoms with Gasteiger partial charge in [0.05, 0.1) is 5.54 Å². The molecule has 0 amide bonds. The third-order valence-electron chi connectivity index (χ3n) is 3.82. The molecule has 1 N–H and O–H groups in total. The number of nitrogens with one attached hydrogen (secondary N) is 1. The van der Waals surface area contributed by atoms with E-state index in [0.717, 1.165) is 37.9 Å². The maximum Gasteiger partial charge on any atom is 0.229 e. The average Bonchev–Trinajstić information content (AvgIpc) is 3.08. The Bertz CT molecular complexity index is 391. The van der Waals surface area contributed by atoms with Crippen molar-refractivity contribution in [1.82, 2.24) is 20.4 Å². The van der Waals surface area contributed by atoms with Gasteiger partial charge in [-0.15, -0.1) is 0 Å². The fourth-order valence-electron chi connectivity index (χ4n) is 2.35. The molecule has 2 aliphatic rings. The van der Waals surface area contributed by atoms with E-state index in [1.165, 1.54) is 12.8 Å². The molecule has 2 fully saturated rings. The molecule has 1 aromatic rings. The van der Waals surface area contributed by atoms with Crippen LogP contribution in [0.4, 0.5) is 0 Å². The van der Waals surface area contributed by atoms with Crippen LogP contribution in [-0.4, -0.2) is 41.2 Å². The SMILES string of the molecule is CC(C)(c1noc(C2CC2)n1)N1CCNCC1. The van der Waals surface area contributed by atoms with Crippen LogP contribution < -0.4 is 5.32 Å². The minimum atomic E-state index is -0.126. The van der Waals surface area contributed by atoms with Crippen molar-refractivity contribution >= 4 is 0 Å². The first-order valence-corrected chi connectivity index (χ1v) is 6.48. The van der Waals surface area contributed by atoms with Gasteiger partial charge < -0.3 is 9.84 Å². The summed E-state index contributed by atoms with van der Waals surface area (Å²) in [6, 6.07) is 0. The van der Waals surface area contributed by atoms with Crippen LogP contribution in [0.25, 0.3) is 0 Å². The Hall–Kier alpha value is -0.940. The van der Waals surface area contributed by atoms with Crippen LogP contribution in [0.2, 0.25) is 0 Å². The van der Waals surface area contributed by atoms with Gasteiger partial charge in [0.15, 0.2) is 5.82 Å². The van der Waals surface area contributed by atoms with Crippen LogP contribution in [0.5, 0.6) is 0 Å². The summed E-state index contributed by atoms with van der Waals surface area (Å²) in [5.74, 6) is 2.21. The summed E-state index contributed by atoms with van der Waals surface area (Å²) in [4.78, 5) is 7.00. The highest BCUT2D eigenvalue weighted by Gasteiger charge is 2.36. The lowest BCUT2D eigenvalue weighted by molar-refractivity contribution is 0.0924. The predicted molar refractivity (Wildman–Crippen MR) is 63.7 cm³/mol. The van der Waals surface area contributed by atoms with Gasteiger partial charge in [-0.1, -0.05) is 5.16 Å². The predicted octanol–water partition coefficient (Wildman–Crippen LogP) is 1.09. The molecular weight excluding hydrogens is 216 g/mol. The Labute approximate surface area is 102 Å². The highest BCUT2D eigenvalue weighted by Crippen LogP contribution is 2.39. The molecule has 5 nitrogen and oxygen atoms in total. The molecule has 1 saturated carbocycles. The second kappa shape index (κ2) is 4.07. The van der Waals surface area contributed by atoms with Gasteiger partial charge in [0, 0.05) is 32.1 Å². The zero-order chi connectivity index (χ0) is 11.9. The van der Waals surface area contributed by atoms with Gasteiger partial charge in [0.2, 0.25) is 5.89 Å². The summed E-state index contributed by atoms with van der Waals surface area (Å²) in [6.45, 7) is 8.52. The van der Waals surface area contributed by atoms with E-state index in [1.807, 2.05) is 0 Å². The van der Waals surface area contributed by atoms with Gasteiger partial charge in [-0.25, -0.2) is 0 Å². The van der Waals surface area contributed by atoms with Crippen LogP contribution in [0.3, 0.4) is 0 Å². The zero-order valence-corrected chi connectivity index (χ0v) is 10.6. The summed E-state index contributed by atoms with van der Waals surface area (Å²) in [5.41, 5.74) is -0.126. The quantitative estimate of drug-likeness (QED) is 0.851. The average molecular weight is 236 g/mol. The second-order valence-corrected chi connectivity index (χ2v) is 5.53. The molecule has 0 atom stereocenters. The van der Waals surface area contributed by atoms with E-state index in [9.17, 15) is 0 Å². The van der Waals surface area contributed by atoms with E-state index in [0.29, 0.717) is 5.92 Å².